The van der Waals surface area contributed by atoms with Crippen molar-refractivity contribution in [3.63, 3.8) is 0 Å². The maximum absolute atomic E-state index is 13.8. The molecule has 0 bridgehead atoms. The van der Waals surface area contributed by atoms with Gasteiger partial charge >= 0.3 is 0 Å². The van der Waals surface area contributed by atoms with Gasteiger partial charge in [0.1, 0.15) is 5.82 Å². The van der Waals surface area contributed by atoms with E-state index in [2.05, 4.69) is 19.2 Å². The molecule has 0 spiro atoms. The third kappa shape index (κ3) is 6.60. The molecule has 0 radical (unpaired) electrons. The van der Waals surface area contributed by atoms with E-state index in [-0.39, 0.29) is 5.82 Å². The lowest BCUT2D eigenvalue weighted by molar-refractivity contribution is 0.522. The molecule has 0 amide bonds. The molecule has 0 aliphatic rings. The Morgan fingerprint density at radius 1 is 1.05 bits per heavy atom. The van der Waals surface area contributed by atoms with Crippen LogP contribution in [0.15, 0.2) is 18.2 Å². The van der Waals surface area contributed by atoms with Crippen LogP contribution in [-0.4, -0.2) is 6.04 Å². The highest BCUT2D eigenvalue weighted by Crippen LogP contribution is 2.23. The molecule has 1 nitrogen and oxygen atoms in total. The van der Waals surface area contributed by atoms with Crippen LogP contribution in [0.4, 0.5) is 10.1 Å². The molecule has 0 atom stereocenters. The Morgan fingerprint density at radius 2 is 1.65 bits per heavy atom. The van der Waals surface area contributed by atoms with Crippen molar-refractivity contribution in [2.45, 2.75) is 71.3 Å². The van der Waals surface area contributed by atoms with Crippen molar-refractivity contribution in [2.75, 3.05) is 5.32 Å². The molecule has 1 aromatic rings. The largest absolute Gasteiger partial charge is 0.380 e. The molecule has 0 fully saturated rings. The van der Waals surface area contributed by atoms with Gasteiger partial charge in [-0.25, -0.2) is 4.39 Å². The molecular formula is C17H27ClFN. The highest BCUT2D eigenvalue weighted by molar-refractivity contribution is 6.30. The molecule has 1 aromatic carbocycles. The summed E-state index contributed by atoms with van der Waals surface area (Å²) in [7, 11) is 0. The minimum Gasteiger partial charge on any atom is -0.380 e. The van der Waals surface area contributed by atoms with E-state index in [0.29, 0.717) is 16.8 Å². The van der Waals surface area contributed by atoms with Gasteiger partial charge in [0.2, 0.25) is 0 Å². The van der Waals surface area contributed by atoms with Crippen molar-refractivity contribution in [3.8, 4) is 0 Å². The van der Waals surface area contributed by atoms with Gasteiger partial charge in [-0.3, -0.25) is 0 Å². The van der Waals surface area contributed by atoms with Crippen LogP contribution in [0.3, 0.4) is 0 Å². The summed E-state index contributed by atoms with van der Waals surface area (Å²) in [6.45, 7) is 4.41. The Bertz CT molecular complexity index is 371. The van der Waals surface area contributed by atoms with Gasteiger partial charge in [0.25, 0.3) is 0 Å². The molecule has 20 heavy (non-hydrogen) atoms. The zero-order chi connectivity index (χ0) is 14.8. The zero-order valence-electron chi connectivity index (χ0n) is 12.7. The predicted molar refractivity (Wildman–Crippen MR) is 87.1 cm³/mol. The van der Waals surface area contributed by atoms with E-state index in [1.165, 1.54) is 44.6 Å². The van der Waals surface area contributed by atoms with E-state index < -0.39 is 0 Å². The average molecular weight is 300 g/mol. The molecule has 0 aliphatic carbocycles. The van der Waals surface area contributed by atoms with Crippen LogP contribution < -0.4 is 5.32 Å². The molecule has 3 heteroatoms. The number of hydrogen-bond acceptors (Lipinski definition) is 1. The number of anilines is 1. The monoisotopic (exact) mass is 299 g/mol. The van der Waals surface area contributed by atoms with Crippen LogP contribution in [-0.2, 0) is 0 Å². The fourth-order valence-electron chi connectivity index (χ4n) is 2.40. The Labute approximate surface area is 127 Å². The van der Waals surface area contributed by atoms with E-state index in [9.17, 15) is 4.39 Å². The summed E-state index contributed by atoms with van der Waals surface area (Å²) in [6.07, 6.45) is 9.51. The van der Waals surface area contributed by atoms with Gasteiger partial charge in [0.05, 0.1) is 5.69 Å². The predicted octanol–water partition coefficient (Wildman–Crippen LogP) is 6.42. The molecule has 114 valence electrons. The molecule has 0 heterocycles. The topological polar surface area (TPSA) is 12.0 Å². The number of rotatable bonds is 10. The van der Waals surface area contributed by atoms with E-state index in [1.54, 1.807) is 12.1 Å². The van der Waals surface area contributed by atoms with Crippen molar-refractivity contribution in [3.05, 3.63) is 29.0 Å². The molecular weight excluding hydrogens is 273 g/mol. The smallest absolute Gasteiger partial charge is 0.146 e. The first-order valence-corrected chi connectivity index (χ1v) is 8.26. The van der Waals surface area contributed by atoms with Gasteiger partial charge in [0, 0.05) is 11.1 Å². The lowest BCUT2D eigenvalue weighted by Crippen LogP contribution is -2.20. The number of unbranched alkanes of at least 4 members (excludes halogenated alkanes) is 4. The minimum atomic E-state index is -0.217. The average Bonchev–Trinajstić information content (AvgIpc) is 2.43. The second kappa shape index (κ2) is 10.0. The van der Waals surface area contributed by atoms with Gasteiger partial charge in [-0.1, -0.05) is 64.0 Å². The van der Waals surface area contributed by atoms with E-state index >= 15 is 0 Å². The fraction of sp³-hybridized carbons (Fsp3) is 0.647. The lowest BCUT2D eigenvalue weighted by atomic mass is 10.0. The van der Waals surface area contributed by atoms with Crippen molar-refractivity contribution in [1.82, 2.24) is 0 Å². The molecule has 0 aromatic heterocycles. The van der Waals surface area contributed by atoms with Gasteiger partial charge in [-0.05, 0) is 31.0 Å². The van der Waals surface area contributed by atoms with Crippen LogP contribution in [0.25, 0.3) is 0 Å². The lowest BCUT2D eigenvalue weighted by Gasteiger charge is -2.20. The zero-order valence-corrected chi connectivity index (χ0v) is 13.5. The Balaban J connectivity index is 2.58. The van der Waals surface area contributed by atoms with Crippen LogP contribution in [0.2, 0.25) is 5.02 Å². The summed E-state index contributed by atoms with van der Waals surface area (Å²) >= 11 is 5.95. The Kier molecular flexibility index (Phi) is 8.68. The minimum absolute atomic E-state index is 0.217. The molecule has 0 unspecified atom stereocenters. The van der Waals surface area contributed by atoms with Gasteiger partial charge in [0.15, 0.2) is 0 Å². The van der Waals surface area contributed by atoms with Crippen LogP contribution in [0, 0.1) is 5.82 Å². The summed E-state index contributed by atoms with van der Waals surface area (Å²) in [4.78, 5) is 0. The third-order valence-corrected chi connectivity index (χ3v) is 3.84. The van der Waals surface area contributed by atoms with E-state index in [0.717, 1.165) is 12.8 Å². The van der Waals surface area contributed by atoms with Gasteiger partial charge < -0.3 is 5.32 Å². The summed E-state index contributed by atoms with van der Waals surface area (Å²) in [5, 5.41) is 3.92. The normalized spacial score (nSPS) is 11.1. The number of benzene rings is 1. The summed E-state index contributed by atoms with van der Waals surface area (Å²) < 4.78 is 13.8. The molecule has 0 saturated carbocycles. The fourth-order valence-corrected chi connectivity index (χ4v) is 2.57. The molecule has 1 N–H and O–H groups in total. The summed E-state index contributed by atoms with van der Waals surface area (Å²) in [6, 6.07) is 5.05. The highest BCUT2D eigenvalue weighted by atomic mass is 35.5. The quantitative estimate of drug-likeness (QED) is 0.491. The van der Waals surface area contributed by atoms with Crippen molar-refractivity contribution in [1.29, 1.82) is 0 Å². The standard InChI is InChI=1S/C17H27ClFN/c1-3-5-7-9-15(10-8-6-4-2)20-17-13-14(18)11-12-16(17)19/h11-13,15,20H,3-10H2,1-2H3. The summed E-state index contributed by atoms with van der Waals surface area (Å²) in [5.41, 5.74) is 0.537. The SMILES string of the molecule is CCCCCC(CCCCC)Nc1cc(Cl)ccc1F. The van der Waals surface area contributed by atoms with Crippen LogP contribution >= 0.6 is 11.6 Å². The number of halogens is 2. The van der Waals surface area contributed by atoms with Crippen molar-refractivity contribution < 1.29 is 4.39 Å². The molecule has 1 rings (SSSR count). The molecule has 0 saturated heterocycles. The van der Waals surface area contributed by atoms with Gasteiger partial charge in [-0.15, -0.1) is 0 Å². The first kappa shape index (κ1) is 17.3. The second-order valence-corrected chi connectivity index (χ2v) is 5.89. The number of nitrogens with one attached hydrogen (secondary N) is 1. The van der Waals surface area contributed by atoms with Crippen molar-refractivity contribution in [2.24, 2.45) is 0 Å². The molecule has 0 aliphatic heterocycles. The first-order chi connectivity index (χ1) is 9.67. The van der Waals surface area contributed by atoms with Crippen molar-refractivity contribution >= 4 is 17.3 Å². The van der Waals surface area contributed by atoms with E-state index in [1.807, 2.05) is 0 Å². The third-order valence-electron chi connectivity index (χ3n) is 3.60. The maximum Gasteiger partial charge on any atom is 0.146 e. The van der Waals surface area contributed by atoms with Crippen LogP contribution in [0.5, 0.6) is 0 Å². The Hall–Kier alpha value is -0.760. The second-order valence-electron chi connectivity index (χ2n) is 5.46. The highest BCUT2D eigenvalue weighted by Gasteiger charge is 2.11. The van der Waals surface area contributed by atoms with Gasteiger partial charge in [-0.2, -0.15) is 0 Å². The maximum atomic E-state index is 13.8. The number of hydrogen-bond donors (Lipinski definition) is 1. The van der Waals surface area contributed by atoms with E-state index in [4.69, 9.17) is 11.6 Å². The van der Waals surface area contributed by atoms with Crippen LogP contribution in [0.1, 0.15) is 65.2 Å². The summed E-state index contributed by atoms with van der Waals surface area (Å²) in [5.74, 6) is -0.217. The Morgan fingerprint density at radius 3 is 2.20 bits per heavy atom. The first-order valence-electron chi connectivity index (χ1n) is 7.89.